The molecule has 1 unspecified atom stereocenters. The molecule has 4 heterocycles. The molecule has 1 aliphatic rings. The SMILES string of the molecule is Cn1cc(N2CCC(Nc3ccnc4c3cnn4C)C2=O)cn1. The highest BCUT2D eigenvalue weighted by Crippen LogP contribution is 2.26. The smallest absolute Gasteiger partial charge is 0.249 e. The van der Waals surface area contributed by atoms with Crippen LogP contribution in [0.1, 0.15) is 6.42 Å². The van der Waals surface area contributed by atoms with Gasteiger partial charge in [-0.15, -0.1) is 0 Å². The molecule has 1 N–H and O–H groups in total. The molecule has 3 aromatic rings. The van der Waals surface area contributed by atoms with Crippen molar-refractivity contribution in [3.8, 4) is 0 Å². The quantitative estimate of drug-likeness (QED) is 0.778. The van der Waals surface area contributed by atoms with Gasteiger partial charge in [0.05, 0.1) is 23.5 Å². The fourth-order valence-corrected chi connectivity index (χ4v) is 2.98. The minimum absolute atomic E-state index is 0.0619. The maximum atomic E-state index is 12.7. The zero-order chi connectivity index (χ0) is 16.0. The van der Waals surface area contributed by atoms with E-state index in [2.05, 4.69) is 20.5 Å². The minimum Gasteiger partial charge on any atom is -0.373 e. The number of aromatic nitrogens is 5. The summed E-state index contributed by atoms with van der Waals surface area (Å²) in [5.74, 6) is 0.0619. The van der Waals surface area contributed by atoms with Crippen molar-refractivity contribution in [3.63, 3.8) is 0 Å². The average molecular weight is 311 g/mol. The van der Waals surface area contributed by atoms with E-state index in [0.717, 1.165) is 28.8 Å². The Hall–Kier alpha value is -2.90. The van der Waals surface area contributed by atoms with Crippen molar-refractivity contribution in [3.05, 3.63) is 30.9 Å². The fraction of sp³-hybridized carbons (Fsp3) is 0.333. The number of pyridine rings is 1. The van der Waals surface area contributed by atoms with E-state index < -0.39 is 0 Å². The third kappa shape index (κ3) is 2.23. The third-order valence-corrected chi connectivity index (χ3v) is 4.17. The number of anilines is 2. The van der Waals surface area contributed by atoms with Crippen LogP contribution in [0.25, 0.3) is 11.0 Å². The summed E-state index contributed by atoms with van der Waals surface area (Å²) >= 11 is 0. The van der Waals surface area contributed by atoms with Gasteiger partial charge in [-0.1, -0.05) is 0 Å². The highest BCUT2D eigenvalue weighted by Gasteiger charge is 2.33. The summed E-state index contributed by atoms with van der Waals surface area (Å²) in [7, 11) is 3.69. The number of nitrogens with one attached hydrogen (secondary N) is 1. The van der Waals surface area contributed by atoms with Gasteiger partial charge >= 0.3 is 0 Å². The van der Waals surface area contributed by atoms with Gasteiger partial charge in [0.2, 0.25) is 5.91 Å². The monoisotopic (exact) mass is 311 g/mol. The Morgan fingerprint density at radius 3 is 2.91 bits per heavy atom. The van der Waals surface area contributed by atoms with Crippen LogP contribution in [-0.4, -0.2) is 43.0 Å². The van der Waals surface area contributed by atoms with Crippen molar-refractivity contribution in [1.29, 1.82) is 0 Å². The Labute approximate surface area is 132 Å². The molecule has 118 valence electrons. The summed E-state index contributed by atoms with van der Waals surface area (Å²) in [6, 6.07) is 1.63. The van der Waals surface area contributed by atoms with Crippen molar-refractivity contribution in [1.82, 2.24) is 24.5 Å². The summed E-state index contributed by atoms with van der Waals surface area (Å²) in [5, 5.41) is 12.6. The third-order valence-electron chi connectivity index (χ3n) is 4.17. The number of carbonyl (C=O) groups is 1. The summed E-state index contributed by atoms with van der Waals surface area (Å²) in [5.41, 5.74) is 2.52. The first-order valence-electron chi connectivity index (χ1n) is 7.47. The van der Waals surface area contributed by atoms with Crippen LogP contribution in [0, 0.1) is 0 Å². The van der Waals surface area contributed by atoms with Gasteiger partial charge in [0.25, 0.3) is 0 Å². The molecule has 0 bridgehead atoms. The van der Waals surface area contributed by atoms with Crippen molar-refractivity contribution < 1.29 is 4.79 Å². The molecule has 3 aromatic heterocycles. The van der Waals surface area contributed by atoms with Crippen molar-refractivity contribution in [2.24, 2.45) is 14.1 Å². The highest BCUT2D eigenvalue weighted by molar-refractivity contribution is 6.02. The molecule has 1 aliphatic heterocycles. The summed E-state index contributed by atoms with van der Waals surface area (Å²) in [6.45, 7) is 0.684. The molecule has 0 saturated carbocycles. The van der Waals surface area contributed by atoms with Crippen molar-refractivity contribution in [2.45, 2.75) is 12.5 Å². The van der Waals surface area contributed by atoms with E-state index in [1.807, 2.05) is 26.4 Å². The lowest BCUT2D eigenvalue weighted by Gasteiger charge is -2.16. The Bertz CT molecular complexity index is 881. The number of hydrogen-bond donors (Lipinski definition) is 1. The van der Waals surface area contributed by atoms with Gasteiger partial charge in [-0.3, -0.25) is 14.2 Å². The van der Waals surface area contributed by atoms with Gasteiger partial charge in [-0.2, -0.15) is 10.2 Å². The number of amides is 1. The lowest BCUT2D eigenvalue weighted by Crippen LogP contribution is -2.33. The Kier molecular flexibility index (Phi) is 3.03. The van der Waals surface area contributed by atoms with E-state index in [1.54, 1.807) is 32.9 Å². The van der Waals surface area contributed by atoms with Crippen LogP contribution in [0.5, 0.6) is 0 Å². The Morgan fingerprint density at radius 1 is 1.26 bits per heavy atom. The molecule has 1 amide bonds. The van der Waals surface area contributed by atoms with Gasteiger partial charge in [0.15, 0.2) is 5.65 Å². The molecule has 0 spiro atoms. The van der Waals surface area contributed by atoms with Crippen LogP contribution in [-0.2, 0) is 18.9 Å². The lowest BCUT2D eigenvalue weighted by atomic mass is 10.2. The molecule has 0 aromatic carbocycles. The van der Waals surface area contributed by atoms with Crippen LogP contribution in [0.3, 0.4) is 0 Å². The molecule has 8 heteroatoms. The highest BCUT2D eigenvalue weighted by atomic mass is 16.2. The van der Waals surface area contributed by atoms with Crippen molar-refractivity contribution >= 4 is 28.3 Å². The van der Waals surface area contributed by atoms with E-state index in [0.29, 0.717) is 6.54 Å². The Morgan fingerprint density at radius 2 is 2.13 bits per heavy atom. The van der Waals surface area contributed by atoms with Crippen LogP contribution >= 0.6 is 0 Å². The number of fused-ring (bicyclic) bond motifs is 1. The molecule has 1 fully saturated rings. The maximum absolute atomic E-state index is 12.7. The average Bonchev–Trinajstić information content (AvgIpc) is 3.22. The number of nitrogens with zero attached hydrogens (tertiary/aromatic N) is 6. The minimum atomic E-state index is -0.249. The van der Waals surface area contributed by atoms with Crippen molar-refractivity contribution in [2.75, 3.05) is 16.8 Å². The second-order valence-corrected chi connectivity index (χ2v) is 5.71. The molecular formula is C15H17N7O. The second-order valence-electron chi connectivity index (χ2n) is 5.71. The normalized spacial score (nSPS) is 18.1. The molecule has 23 heavy (non-hydrogen) atoms. The standard InChI is InChI=1S/C15H17N7O/c1-20-9-10(7-17-20)22-6-4-13(15(22)23)19-12-3-5-16-14-11(12)8-18-21(14)2/h3,5,7-9,13H,4,6H2,1-2H3,(H,16,19). The molecular weight excluding hydrogens is 294 g/mol. The topological polar surface area (TPSA) is 80.9 Å². The number of hydrogen-bond acceptors (Lipinski definition) is 5. The van der Waals surface area contributed by atoms with Crippen LogP contribution < -0.4 is 10.2 Å². The van der Waals surface area contributed by atoms with E-state index in [9.17, 15) is 4.79 Å². The first kappa shape index (κ1) is 13.7. The number of aryl methyl sites for hydroxylation is 2. The Balaban J connectivity index is 1.58. The molecule has 1 saturated heterocycles. The van der Waals surface area contributed by atoms with E-state index >= 15 is 0 Å². The molecule has 4 rings (SSSR count). The van der Waals surface area contributed by atoms with Crippen LogP contribution in [0.15, 0.2) is 30.9 Å². The van der Waals surface area contributed by atoms with E-state index in [1.165, 1.54) is 0 Å². The summed E-state index contributed by atoms with van der Waals surface area (Å²) in [6.07, 6.45) is 7.81. The molecule has 1 atom stereocenters. The first-order valence-corrected chi connectivity index (χ1v) is 7.47. The van der Waals surface area contributed by atoms with Crippen LogP contribution in [0.2, 0.25) is 0 Å². The summed E-state index contributed by atoms with van der Waals surface area (Å²) in [4.78, 5) is 18.7. The van der Waals surface area contributed by atoms with E-state index in [4.69, 9.17) is 0 Å². The van der Waals surface area contributed by atoms with Gasteiger partial charge in [-0.25, -0.2) is 4.98 Å². The van der Waals surface area contributed by atoms with E-state index in [-0.39, 0.29) is 11.9 Å². The zero-order valence-electron chi connectivity index (χ0n) is 13.0. The zero-order valence-corrected chi connectivity index (χ0v) is 13.0. The predicted molar refractivity (Wildman–Crippen MR) is 86.1 cm³/mol. The largest absolute Gasteiger partial charge is 0.373 e. The molecule has 8 nitrogen and oxygen atoms in total. The number of carbonyl (C=O) groups excluding carboxylic acids is 1. The number of rotatable bonds is 3. The van der Waals surface area contributed by atoms with Crippen LogP contribution in [0.4, 0.5) is 11.4 Å². The van der Waals surface area contributed by atoms with Gasteiger partial charge in [0, 0.05) is 38.7 Å². The predicted octanol–water partition coefficient (Wildman–Crippen LogP) is 0.919. The first-order chi connectivity index (χ1) is 11.1. The van der Waals surface area contributed by atoms with Gasteiger partial charge in [0.1, 0.15) is 6.04 Å². The molecule has 0 radical (unpaired) electrons. The fourth-order valence-electron chi connectivity index (χ4n) is 2.98. The van der Waals surface area contributed by atoms with Gasteiger partial charge in [-0.05, 0) is 12.5 Å². The van der Waals surface area contributed by atoms with Gasteiger partial charge < -0.3 is 10.2 Å². The molecule has 0 aliphatic carbocycles. The summed E-state index contributed by atoms with van der Waals surface area (Å²) < 4.78 is 3.42. The second kappa shape index (κ2) is 5.08. The maximum Gasteiger partial charge on any atom is 0.249 e. The lowest BCUT2D eigenvalue weighted by molar-refractivity contribution is -0.117.